The summed E-state index contributed by atoms with van der Waals surface area (Å²) >= 11 is 5.76. The van der Waals surface area contributed by atoms with Crippen molar-refractivity contribution in [1.82, 2.24) is 9.97 Å². The van der Waals surface area contributed by atoms with Crippen molar-refractivity contribution in [2.75, 3.05) is 23.3 Å². The van der Waals surface area contributed by atoms with Crippen LogP contribution in [0.2, 0.25) is 5.02 Å². The van der Waals surface area contributed by atoms with Gasteiger partial charge in [-0.15, -0.1) is 0 Å². The third-order valence-electron chi connectivity index (χ3n) is 3.98. The van der Waals surface area contributed by atoms with Crippen LogP contribution in [0.15, 0.2) is 30.6 Å². The molecule has 1 aromatic heterocycles. The molecular weight excluding hydrogens is 346 g/mol. The second-order valence-corrected chi connectivity index (χ2v) is 6.09. The molecule has 25 heavy (non-hydrogen) atoms. The first-order chi connectivity index (χ1) is 12.0. The number of carbonyl (C=O) groups excluding carboxylic acids is 1. The van der Waals surface area contributed by atoms with Crippen LogP contribution in [-0.4, -0.2) is 33.9 Å². The van der Waals surface area contributed by atoms with Crippen molar-refractivity contribution in [3.05, 3.63) is 51.3 Å². The van der Waals surface area contributed by atoms with E-state index in [1.807, 2.05) is 0 Å². The quantitative estimate of drug-likeness (QED) is 0.662. The van der Waals surface area contributed by atoms with E-state index in [4.69, 9.17) is 11.6 Å². The number of anilines is 2. The number of halogens is 1. The highest BCUT2D eigenvalue weighted by Gasteiger charge is 2.17. The number of carbonyl (C=O) groups is 1. The maximum atomic E-state index is 12.3. The Hall–Kier alpha value is -2.74. The minimum atomic E-state index is -0.627. The number of piperidine rings is 1. The number of nitro benzene ring substituents is 1. The monoisotopic (exact) mass is 361 g/mol. The molecule has 1 aliphatic rings. The fourth-order valence-electron chi connectivity index (χ4n) is 2.69. The van der Waals surface area contributed by atoms with Crippen molar-refractivity contribution in [2.45, 2.75) is 19.3 Å². The first kappa shape index (κ1) is 17.1. The van der Waals surface area contributed by atoms with Gasteiger partial charge in [0.1, 0.15) is 23.0 Å². The Morgan fingerprint density at radius 1 is 1.20 bits per heavy atom. The molecule has 0 aliphatic carbocycles. The Kier molecular flexibility index (Phi) is 5.08. The lowest BCUT2D eigenvalue weighted by Gasteiger charge is -2.27. The second-order valence-electron chi connectivity index (χ2n) is 5.69. The van der Waals surface area contributed by atoms with Crippen LogP contribution >= 0.6 is 11.6 Å². The summed E-state index contributed by atoms with van der Waals surface area (Å²) in [5.74, 6) is 0.605. The van der Waals surface area contributed by atoms with E-state index in [1.165, 1.54) is 24.9 Å². The third-order valence-corrected chi connectivity index (χ3v) is 4.30. The summed E-state index contributed by atoms with van der Waals surface area (Å²) < 4.78 is 0. The molecule has 1 aromatic carbocycles. The van der Waals surface area contributed by atoms with E-state index in [0.717, 1.165) is 37.8 Å². The number of nitro groups is 1. The summed E-state index contributed by atoms with van der Waals surface area (Å²) in [6, 6.07) is 5.60. The zero-order chi connectivity index (χ0) is 17.8. The van der Waals surface area contributed by atoms with Gasteiger partial charge in [-0.3, -0.25) is 14.9 Å². The van der Waals surface area contributed by atoms with Gasteiger partial charge < -0.3 is 10.2 Å². The number of nitrogens with one attached hydrogen (secondary N) is 1. The van der Waals surface area contributed by atoms with Gasteiger partial charge in [0.15, 0.2) is 0 Å². The van der Waals surface area contributed by atoms with E-state index in [1.54, 1.807) is 6.07 Å². The van der Waals surface area contributed by atoms with Crippen molar-refractivity contribution in [1.29, 1.82) is 0 Å². The number of amides is 1. The van der Waals surface area contributed by atoms with Gasteiger partial charge in [0.2, 0.25) is 0 Å². The molecule has 2 heterocycles. The van der Waals surface area contributed by atoms with E-state index >= 15 is 0 Å². The molecule has 0 unspecified atom stereocenters. The second kappa shape index (κ2) is 7.43. The number of benzene rings is 1. The molecule has 1 N–H and O–H groups in total. The summed E-state index contributed by atoms with van der Waals surface area (Å²) in [6.45, 7) is 1.85. The van der Waals surface area contributed by atoms with Gasteiger partial charge in [0.05, 0.1) is 4.92 Å². The number of rotatable bonds is 4. The molecule has 1 aliphatic heterocycles. The molecule has 1 saturated heterocycles. The summed E-state index contributed by atoms with van der Waals surface area (Å²) in [4.78, 5) is 33.1. The predicted molar refractivity (Wildman–Crippen MR) is 94.2 cm³/mol. The van der Waals surface area contributed by atoms with Gasteiger partial charge in [-0.2, -0.15) is 0 Å². The normalized spacial score (nSPS) is 14.2. The van der Waals surface area contributed by atoms with Crippen molar-refractivity contribution >= 4 is 34.8 Å². The zero-order valence-corrected chi connectivity index (χ0v) is 14.1. The topological polar surface area (TPSA) is 101 Å². The molecule has 2 aromatic rings. The van der Waals surface area contributed by atoms with E-state index in [2.05, 4.69) is 20.2 Å². The van der Waals surface area contributed by atoms with E-state index in [-0.39, 0.29) is 16.3 Å². The zero-order valence-electron chi connectivity index (χ0n) is 13.3. The average Bonchev–Trinajstić information content (AvgIpc) is 2.62. The first-order valence-corrected chi connectivity index (χ1v) is 8.24. The molecule has 0 radical (unpaired) electrons. The number of hydrogen-bond donors (Lipinski definition) is 1. The molecule has 9 heteroatoms. The molecule has 0 spiro atoms. The molecule has 0 saturated carbocycles. The third kappa shape index (κ3) is 4.03. The number of aromatic nitrogens is 2. The van der Waals surface area contributed by atoms with E-state index < -0.39 is 10.8 Å². The SMILES string of the molecule is O=C(Nc1cc(N2CCCCC2)ncn1)c1ccc(Cl)c([N+](=O)[O-])c1. The van der Waals surface area contributed by atoms with Gasteiger partial charge in [0, 0.05) is 30.8 Å². The van der Waals surface area contributed by atoms with Crippen LogP contribution in [0.4, 0.5) is 17.3 Å². The maximum absolute atomic E-state index is 12.3. The summed E-state index contributed by atoms with van der Waals surface area (Å²) in [6.07, 6.45) is 4.82. The predicted octanol–water partition coefficient (Wildman–Crippen LogP) is 3.28. The van der Waals surface area contributed by atoms with Gasteiger partial charge in [-0.25, -0.2) is 9.97 Å². The number of nitrogens with zero attached hydrogens (tertiary/aromatic N) is 4. The molecular formula is C16H16ClN5O3. The Balaban J connectivity index is 1.77. The van der Waals surface area contributed by atoms with Crippen LogP contribution in [0, 0.1) is 10.1 Å². The van der Waals surface area contributed by atoms with Crippen molar-refractivity contribution < 1.29 is 9.72 Å². The minimum absolute atomic E-state index is 0.0176. The molecule has 1 amide bonds. The number of hydrogen-bond acceptors (Lipinski definition) is 6. The summed E-state index contributed by atoms with van der Waals surface area (Å²) in [7, 11) is 0. The molecule has 3 rings (SSSR count). The molecule has 8 nitrogen and oxygen atoms in total. The van der Waals surface area contributed by atoms with Crippen molar-refractivity contribution in [3.63, 3.8) is 0 Å². The molecule has 0 atom stereocenters. The van der Waals surface area contributed by atoms with Crippen LogP contribution in [0.5, 0.6) is 0 Å². The summed E-state index contributed by atoms with van der Waals surface area (Å²) in [5.41, 5.74) is -0.180. The first-order valence-electron chi connectivity index (χ1n) is 7.87. The van der Waals surface area contributed by atoms with Gasteiger partial charge >= 0.3 is 0 Å². The van der Waals surface area contributed by atoms with Crippen molar-refractivity contribution in [3.8, 4) is 0 Å². The summed E-state index contributed by atoms with van der Waals surface area (Å²) in [5, 5.41) is 13.6. The minimum Gasteiger partial charge on any atom is -0.356 e. The lowest BCUT2D eigenvalue weighted by atomic mass is 10.1. The van der Waals surface area contributed by atoms with Crippen LogP contribution in [-0.2, 0) is 0 Å². The Bertz CT molecular complexity index is 808. The lowest BCUT2D eigenvalue weighted by molar-refractivity contribution is -0.384. The van der Waals surface area contributed by atoms with Crippen molar-refractivity contribution in [2.24, 2.45) is 0 Å². The molecule has 130 valence electrons. The Morgan fingerprint density at radius 2 is 1.96 bits per heavy atom. The van der Waals surface area contributed by atoms with Gasteiger partial charge in [0.25, 0.3) is 11.6 Å². The fraction of sp³-hybridized carbons (Fsp3) is 0.312. The standard InChI is InChI=1S/C16H16ClN5O3/c17-12-5-4-11(8-13(12)22(24)25)16(23)20-14-9-15(19-10-18-14)21-6-2-1-3-7-21/h4-5,8-10H,1-3,6-7H2,(H,18,19,20,23). The maximum Gasteiger partial charge on any atom is 0.288 e. The van der Waals surface area contributed by atoms with E-state index in [9.17, 15) is 14.9 Å². The largest absolute Gasteiger partial charge is 0.356 e. The Labute approximate surface area is 149 Å². The van der Waals surface area contributed by atoms with Gasteiger partial charge in [-0.1, -0.05) is 11.6 Å². The highest BCUT2D eigenvalue weighted by atomic mass is 35.5. The van der Waals surface area contributed by atoms with E-state index in [0.29, 0.717) is 5.82 Å². The average molecular weight is 362 g/mol. The molecule has 0 bridgehead atoms. The highest BCUT2D eigenvalue weighted by Crippen LogP contribution is 2.25. The van der Waals surface area contributed by atoms with Gasteiger partial charge in [-0.05, 0) is 31.4 Å². The smallest absolute Gasteiger partial charge is 0.288 e. The van der Waals surface area contributed by atoms with Crippen LogP contribution in [0.1, 0.15) is 29.6 Å². The molecule has 1 fully saturated rings. The Morgan fingerprint density at radius 3 is 2.68 bits per heavy atom. The van der Waals surface area contributed by atoms with Crippen LogP contribution in [0.3, 0.4) is 0 Å². The lowest BCUT2D eigenvalue weighted by Crippen LogP contribution is -2.30. The fourth-order valence-corrected chi connectivity index (χ4v) is 2.88. The highest BCUT2D eigenvalue weighted by molar-refractivity contribution is 6.32. The van der Waals surface area contributed by atoms with Crippen LogP contribution in [0.25, 0.3) is 0 Å². The van der Waals surface area contributed by atoms with Crippen LogP contribution < -0.4 is 10.2 Å².